The third kappa shape index (κ3) is 3.04. The first-order chi connectivity index (χ1) is 12.1. The minimum atomic E-state index is -0.475. The summed E-state index contributed by atoms with van der Waals surface area (Å²) in [5.41, 5.74) is 2.34. The molecule has 4 rings (SSSR count). The summed E-state index contributed by atoms with van der Waals surface area (Å²) in [5, 5.41) is 11.2. The van der Waals surface area contributed by atoms with Crippen LogP contribution in [0.25, 0.3) is 22.3 Å². The van der Waals surface area contributed by atoms with Gasteiger partial charge in [0.05, 0.1) is 10.5 Å². The summed E-state index contributed by atoms with van der Waals surface area (Å²) in [6.07, 6.45) is 0. The normalized spacial score (nSPS) is 11.0. The fourth-order valence-corrected chi connectivity index (χ4v) is 2.72. The summed E-state index contributed by atoms with van der Waals surface area (Å²) in [7, 11) is 0. The van der Waals surface area contributed by atoms with Crippen LogP contribution >= 0.6 is 11.6 Å². The number of H-pyrrole nitrogens is 1. The maximum absolute atomic E-state index is 13.4. The fourth-order valence-electron chi connectivity index (χ4n) is 2.54. The molecule has 2 N–H and O–H groups in total. The molecule has 0 aliphatic carbocycles. The van der Waals surface area contributed by atoms with Crippen LogP contribution in [0.4, 0.5) is 16.0 Å². The van der Waals surface area contributed by atoms with Gasteiger partial charge in [0, 0.05) is 22.7 Å². The number of benzene rings is 2. The van der Waals surface area contributed by atoms with Crippen molar-refractivity contribution in [2.75, 3.05) is 5.32 Å². The van der Waals surface area contributed by atoms with E-state index in [9.17, 15) is 4.39 Å². The number of hydrogen-bond acceptors (Lipinski definition) is 4. The average molecular weight is 354 g/mol. The van der Waals surface area contributed by atoms with Crippen LogP contribution in [0, 0.1) is 12.7 Å². The molecule has 0 bridgehead atoms. The van der Waals surface area contributed by atoms with E-state index in [0.29, 0.717) is 23.0 Å². The van der Waals surface area contributed by atoms with Gasteiger partial charge in [-0.2, -0.15) is 5.10 Å². The van der Waals surface area contributed by atoms with Crippen LogP contribution < -0.4 is 5.32 Å². The van der Waals surface area contributed by atoms with Crippen LogP contribution in [-0.2, 0) is 0 Å². The number of nitrogens with zero attached hydrogens (tertiary/aromatic N) is 3. The number of rotatable bonds is 3. The molecule has 0 fully saturated rings. The first-order valence-corrected chi connectivity index (χ1v) is 7.99. The summed E-state index contributed by atoms with van der Waals surface area (Å²) in [5.74, 6) is 1.25. The predicted octanol–water partition coefficient (Wildman–Crippen LogP) is 4.86. The minimum Gasteiger partial charge on any atom is -0.323 e. The van der Waals surface area contributed by atoms with Crippen LogP contribution in [0.1, 0.15) is 5.69 Å². The Labute approximate surface area is 147 Å². The van der Waals surface area contributed by atoms with Crippen LogP contribution in [0.3, 0.4) is 0 Å². The Balaban J connectivity index is 1.86. The van der Waals surface area contributed by atoms with Gasteiger partial charge in [-0.15, -0.1) is 0 Å². The Morgan fingerprint density at radius 3 is 2.68 bits per heavy atom. The largest absolute Gasteiger partial charge is 0.323 e. The average Bonchev–Trinajstić information content (AvgIpc) is 3.02. The fraction of sp³-hybridized carbons (Fsp3) is 0.0556. The zero-order valence-corrected chi connectivity index (χ0v) is 14.0. The van der Waals surface area contributed by atoms with Crippen molar-refractivity contribution < 1.29 is 4.39 Å². The molecule has 0 saturated heterocycles. The molecule has 0 radical (unpaired) electrons. The summed E-state index contributed by atoms with van der Waals surface area (Å²) in [6, 6.07) is 14.0. The van der Waals surface area contributed by atoms with Crippen LogP contribution in [0.15, 0.2) is 48.5 Å². The lowest BCUT2D eigenvalue weighted by Gasteiger charge is -2.09. The molecule has 0 unspecified atom stereocenters. The molecule has 124 valence electrons. The van der Waals surface area contributed by atoms with Gasteiger partial charge in [0.15, 0.2) is 11.6 Å². The zero-order chi connectivity index (χ0) is 17.4. The number of nitrogens with one attached hydrogen (secondary N) is 2. The molecule has 0 spiro atoms. The molecule has 0 amide bonds. The number of fused-ring (bicyclic) bond motifs is 1. The second kappa shape index (κ2) is 6.14. The van der Waals surface area contributed by atoms with Gasteiger partial charge in [0.2, 0.25) is 0 Å². The first kappa shape index (κ1) is 15.5. The zero-order valence-electron chi connectivity index (χ0n) is 13.2. The molecule has 4 aromatic rings. The van der Waals surface area contributed by atoms with Crippen molar-refractivity contribution in [2.24, 2.45) is 0 Å². The maximum atomic E-state index is 13.4. The smallest absolute Gasteiger partial charge is 0.162 e. The van der Waals surface area contributed by atoms with Gasteiger partial charge in [0.1, 0.15) is 11.6 Å². The van der Waals surface area contributed by atoms with E-state index < -0.39 is 5.82 Å². The van der Waals surface area contributed by atoms with E-state index in [1.165, 1.54) is 12.1 Å². The standard InChI is InChI=1S/C18H13ClFN5/c1-10-8-16(25-24-10)22-18-12-4-2-3-5-15(12)21-17(23-18)11-6-7-14(20)13(19)9-11/h2-9H,1H3,(H2,21,22,23,24,25). The van der Waals surface area contributed by atoms with Crippen molar-refractivity contribution in [1.82, 2.24) is 20.2 Å². The second-order valence-corrected chi connectivity index (χ2v) is 6.01. The molecular weight excluding hydrogens is 341 g/mol. The number of aromatic nitrogens is 4. The summed E-state index contributed by atoms with van der Waals surface area (Å²) in [4.78, 5) is 9.15. The third-order valence-corrected chi connectivity index (χ3v) is 4.02. The SMILES string of the molecule is Cc1cc(Nc2nc(-c3ccc(F)c(Cl)c3)nc3ccccc23)n[nH]1. The van der Waals surface area contributed by atoms with Gasteiger partial charge in [-0.05, 0) is 37.3 Å². The van der Waals surface area contributed by atoms with E-state index in [4.69, 9.17) is 11.6 Å². The van der Waals surface area contributed by atoms with Crippen molar-refractivity contribution in [2.45, 2.75) is 6.92 Å². The van der Waals surface area contributed by atoms with Gasteiger partial charge >= 0.3 is 0 Å². The maximum Gasteiger partial charge on any atom is 0.162 e. The lowest BCUT2D eigenvalue weighted by Crippen LogP contribution is -1.99. The Morgan fingerprint density at radius 2 is 1.92 bits per heavy atom. The summed E-state index contributed by atoms with van der Waals surface area (Å²) in [6.45, 7) is 1.92. The summed E-state index contributed by atoms with van der Waals surface area (Å²) >= 11 is 5.89. The van der Waals surface area contributed by atoms with Crippen molar-refractivity contribution in [1.29, 1.82) is 0 Å². The van der Waals surface area contributed by atoms with Gasteiger partial charge in [-0.25, -0.2) is 14.4 Å². The van der Waals surface area contributed by atoms with Gasteiger partial charge in [-0.1, -0.05) is 23.7 Å². The number of anilines is 2. The Hall–Kier alpha value is -2.99. The highest BCUT2D eigenvalue weighted by Crippen LogP contribution is 2.28. The highest BCUT2D eigenvalue weighted by molar-refractivity contribution is 6.31. The van der Waals surface area contributed by atoms with Gasteiger partial charge < -0.3 is 5.32 Å². The van der Waals surface area contributed by atoms with Crippen LogP contribution in [-0.4, -0.2) is 20.2 Å². The number of hydrogen-bond donors (Lipinski definition) is 2. The van der Waals surface area contributed by atoms with Crippen molar-refractivity contribution in [3.63, 3.8) is 0 Å². The van der Waals surface area contributed by atoms with Gasteiger partial charge in [0.25, 0.3) is 0 Å². The number of aromatic amines is 1. The molecule has 5 nitrogen and oxygen atoms in total. The van der Waals surface area contributed by atoms with Crippen molar-refractivity contribution >= 4 is 34.1 Å². The quantitative estimate of drug-likeness (QED) is 0.551. The minimum absolute atomic E-state index is 0.0340. The Morgan fingerprint density at radius 1 is 1.08 bits per heavy atom. The Kier molecular flexibility index (Phi) is 3.82. The van der Waals surface area contributed by atoms with E-state index in [1.807, 2.05) is 37.3 Å². The molecular formula is C18H13ClFN5. The Bertz CT molecular complexity index is 1080. The monoisotopic (exact) mass is 353 g/mol. The highest BCUT2D eigenvalue weighted by Gasteiger charge is 2.12. The third-order valence-electron chi connectivity index (χ3n) is 3.73. The highest BCUT2D eigenvalue weighted by atomic mass is 35.5. The van der Waals surface area contributed by atoms with E-state index in [0.717, 1.165) is 16.6 Å². The summed E-state index contributed by atoms with van der Waals surface area (Å²) < 4.78 is 13.4. The van der Waals surface area contributed by atoms with E-state index >= 15 is 0 Å². The number of halogens is 2. The van der Waals surface area contributed by atoms with E-state index in [2.05, 4.69) is 25.5 Å². The second-order valence-electron chi connectivity index (χ2n) is 5.60. The molecule has 0 atom stereocenters. The van der Waals surface area contributed by atoms with Gasteiger partial charge in [-0.3, -0.25) is 5.10 Å². The molecule has 2 aromatic heterocycles. The van der Waals surface area contributed by atoms with Crippen molar-refractivity contribution in [3.05, 3.63) is 65.1 Å². The van der Waals surface area contributed by atoms with E-state index in [1.54, 1.807) is 6.07 Å². The molecule has 0 saturated carbocycles. The molecule has 7 heteroatoms. The van der Waals surface area contributed by atoms with Crippen molar-refractivity contribution in [3.8, 4) is 11.4 Å². The lowest BCUT2D eigenvalue weighted by atomic mass is 10.1. The molecule has 2 heterocycles. The topological polar surface area (TPSA) is 66.5 Å². The molecule has 25 heavy (non-hydrogen) atoms. The number of aryl methyl sites for hydroxylation is 1. The first-order valence-electron chi connectivity index (χ1n) is 7.61. The predicted molar refractivity (Wildman–Crippen MR) is 96.5 cm³/mol. The number of para-hydroxylation sites is 1. The molecule has 0 aliphatic rings. The molecule has 0 aliphatic heterocycles. The van der Waals surface area contributed by atoms with Crippen LogP contribution in [0.2, 0.25) is 5.02 Å². The molecule has 2 aromatic carbocycles. The van der Waals surface area contributed by atoms with E-state index in [-0.39, 0.29) is 5.02 Å². The van der Waals surface area contributed by atoms with Crippen LogP contribution in [0.5, 0.6) is 0 Å². The lowest BCUT2D eigenvalue weighted by molar-refractivity contribution is 0.628.